The Hall–Kier alpha value is -2.30. The second kappa shape index (κ2) is 7.75. The van der Waals surface area contributed by atoms with Gasteiger partial charge < -0.3 is 9.72 Å². The van der Waals surface area contributed by atoms with Crippen LogP contribution < -0.4 is 10.0 Å². The van der Waals surface area contributed by atoms with Crippen molar-refractivity contribution in [2.45, 2.75) is 24.4 Å². The second-order valence-corrected chi connectivity index (χ2v) is 8.43. The average Bonchev–Trinajstić information content (AvgIpc) is 3.01. The zero-order valence-electron chi connectivity index (χ0n) is 14.2. The first-order valence-electron chi connectivity index (χ1n) is 7.94. The van der Waals surface area contributed by atoms with E-state index in [-0.39, 0.29) is 6.54 Å². The molecule has 2 heterocycles. The van der Waals surface area contributed by atoms with Gasteiger partial charge in [-0.2, -0.15) is 4.72 Å². The highest BCUT2D eigenvalue weighted by Gasteiger charge is 2.24. The van der Waals surface area contributed by atoms with Gasteiger partial charge in [-0.3, -0.25) is 4.79 Å². The standard InChI is InChI=1S/C17H16BrFN4O3S/c1-11(22-27(25,26)15-5-3-2-4-14(15)19)17(24)20-8-13-10-23-9-12(18)6-7-16(23)21-13/h2-7,9-11,22H,8H2,1H3,(H,20,24)/t11-/m0/s1. The van der Waals surface area contributed by atoms with Crippen LogP contribution in [0.15, 0.2) is 58.2 Å². The summed E-state index contributed by atoms with van der Waals surface area (Å²) in [5.74, 6) is -1.43. The third kappa shape index (κ3) is 4.52. The molecule has 0 bridgehead atoms. The molecule has 0 fully saturated rings. The molecule has 7 nitrogen and oxygen atoms in total. The minimum absolute atomic E-state index is 0.129. The number of imidazole rings is 1. The van der Waals surface area contributed by atoms with Crippen molar-refractivity contribution in [3.63, 3.8) is 0 Å². The highest BCUT2D eigenvalue weighted by atomic mass is 79.9. The predicted octanol–water partition coefficient (Wildman–Crippen LogP) is 2.22. The molecule has 10 heteroatoms. The molecule has 0 saturated carbocycles. The van der Waals surface area contributed by atoms with Crippen LogP contribution in [0, 0.1) is 5.82 Å². The van der Waals surface area contributed by atoms with Gasteiger partial charge in [0.15, 0.2) is 0 Å². The number of carbonyl (C=O) groups is 1. The molecule has 0 aliphatic heterocycles. The van der Waals surface area contributed by atoms with Crippen molar-refractivity contribution in [2.75, 3.05) is 0 Å². The molecule has 27 heavy (non-hydrogen) atoms. The number of hydrogen-bond acceptors (Lipinski definition) is 4. The number of amides is 1. The number of hydrogen-bond donors (Lipinski definition) is 2. The molecule has 2 N–H and O–H groups in total. The first-order valence-corrected chi connectivity index (χ1v) is 10.2. The molecule has 2 aromatic heterocycles. The number of nitrogens with zero attached hydrogens (tertiary/aromatic N) is 2. The maximum atomic E-state index is 13.7. The van der Waals surface area contributed by atoms with E-state index in [1.807, 2.05) is 18.3 Å². The van der Waals surface area contributed by atoms with E-state index in [2.05, 4.69) is 31.0 Å². The minimum atomic E-state index is -4.15. The molecule has 1 amide bonds. The summed E-state index contributed by atoms with van der Waals surface area (Å²) in [6, 6.07) is 7.56. The summed E-state index contributed by atoms with van der Waals surface area (Å²) in [5.41, 5.74) is 1.33. The van der Waals surface area contributed by atoms with E-state index in [9.17, 15) is 17.6 Å². The van der Waals surface area contributed by atoms with Gasteiger partial charge in [-0.15, -0.1) is 0 Å². The number of fused-ring (bicyclic) bond motifs is 1. The molecular weight excluding hydrogens is 439 g/mol. The zero-order valence-corrected chi connectivity index (χ0v) is 16.6. The smallest absolute Gasteiger partial charge is 0.244 e. The molecule has 1 atom stereocenters. The molecule has 3 aromatic rings. The lowest BCUT2D eigenvalue weighted by atomic mass is 10.3. The number of aromatic nitrogens is 2. The minimum Gasteiger partial charge on any atom is -0.349 e. The Kier molecular flexibility index (Phi) is 5.59. The largest absolute Gasteiger partial charge is 0.349 e. The molecule has 0 radical (unpaired) electrons. The Bertz CT molecular complexity index is 1100. The summed E-state index contributed by atoms with van der Waals surface area (Å²) in [7, 11) is -4.15. The highest BCUT2D eigenvalue weighted by Crippen LogP contribution is 2.14. The zero-order chi connectivity index (χ0) is 19.6. The van der Waals surface area contributed by atoms with Gasteiger partial charge in [-0.25, -0.2) is 17.8 Å². The summed E-state index contributed by atoms with van der Waals surface area (Å²) in [6.07, 6.45) is 3.59. The third-order valence-electron chi connectivity index (χ3n) is 3.76. The van der Waals surface area contributed by atoms with E-state index in [0.29, 0.717) is 5.69 Å². The Morgan fingerprint density at radius 1 is 1.26 bits per heavy atom. The lowest BCUT2D eigenvalue weighted by molar-refractivity contribution is -0.122. The first-order chi connectivity index (χ1) is 12.8. The van der Waals surface area contributed by atoms with Crippen molar-refractivity contribution in [2.24, 2.45) is 0 Å². The molecule has 0 unspecified atom stereocenters. The molecule has 0 saturated heterocycles. The normalized spacial score (nSPS) is 12.9. The van der Waals surface area contributed by atoms with Gasteiger partial charge in [-0.1, -0.05) is 12.1 Å². The van der Waals surface area contributed by atoms with E-state index in [4.69, 9.17) is 0 Å². The SMILES string of the molecule is C[C@H](NS(=O)(=O)c1ccccc1F)C(=O)NCc1cn2cc(Br)ccc2n1. The van der Waals surface area contributed by atoms with Crippen LogP contribution in [0.3, 0.4) is 0 Å². The Labute approximate surface area is 163 Å². The maximum Gasteiger partial charge on any atom is 0.244 e. The van der Waals surface area contributed by atoms with Crippen molar-refractivity contribution in [3.05, 3.63) is 64.8 Å². The van der Waals surface area contributed by atoms with Crippen LogP contribution in [0.5, 0.6) is 0 Å². The van der Waals surface area contributed by atoms with Crippen molar-refractivity contribution >= 4 is 37.5 Å². The number of nitrogens with one attached hydrogen (secondary N) is 2. The van der Waals surface area contributed by atoms with Gasteiger partial charge >= 0.3 is 0 Å². The molecule has 1 aromatic carbocycles. The fraction of sp³-hybridized carbons (Fsp3) is 0.176. The Morgan fingerprint density at radius 3 is 2.74 bits per heavy atom. The van der Waals surface area contributed by atoms with Crippen molar-refractivity contribution in [1.82, 2.24) is 19.4 Å². The lowest BCUT2D eigenvalue weighted by Crippen LogP contribution is -2.44. The van der Waals surface area contributed by atoms with Crippen molar-refractivity contribution in [3.8, 4) is 0 Å². The summed E-state index contributed by atoms with van der Waals surface area (Å²) in [6.45, 7) is 1.51. The van der Waals surface area contributed by atoms with E-state index in [1.54, 1.807) is 10.6 Å². The maximum absolute atomic E-state index is 13.7. The number of pyridine rings is 1. The predicted molar refractivity (Wildman–Crippen MR) is 101 cm³/mol. The van der Waals surface area contributed by atoms with Gasteiger partial charge in [0.05, 0.1) is 18.3 Å². The quantitative estimate of drug-likeness (QED) is 0.597. The average molecular weight is 455 g/mol. The first kappa shape index (κ1) is 19.5. The van der Waals surface area contributed by atoms with Gasteiger partial charge in [0, 0.05) is 16.9 Å². The van der Waals surface area contributed by atoms with Gasteiger partial charge in [0.2, 0.25) is 15.9 Å². The monoisotopic (exact) mass is 454 g/mol. The lowest BCUT2D eigenvalue weighted by Gasteiger charge is -2.14. The van der Waals surface area contributed by atoms with Gasteiger partial charge in [0.25, 0.3) is 0 Å². The van der Waals surface area contributed by atoms with Gasteiger partial charge in [-0.05, 0) is 47.1 Å². The summed E-state index contributed by atoms with van der Waals surface area (Å²) >= 11 is 3.36. The van der Waals surface area contributed by atoms with Gasteiger partial charge in [0.1, 0.15) is 16.4 Å². The van der Waals surface area contributed by atoms with Crippen molar-refractivity contribution in [1.29, 1.82) is 0 Å². The summed E-state index contributed by atoms with van der Waals surface area (Å²) < 4.78 is 43.0. The molecule has 0 aliphatic carbocycles. The summed E-state index contributed by atoms with van der Waals surface area (Å²) in [5, 5.41) is 2.62. The fourth-order valence-corrected chi connectivity index (χ4v) is 4.08. The topological polar surface area (TPSA) is 92.6 Å². The molecule has 0 aliphatic rings. The molecule has 142 valence electrons. The van der Waals surface area contributed by atoms with Crippen LogP contribution in [-0.4, -0.2) is 29.8 Å². The van der Waals surface area contributed by atoms with Crippen LogP contribution in [0.25, 0.3) is 5.65 Å². The number of carbonyl (C=O) groups excluding carboxylic acids is 1. The van der Waals surface area contributed by atoms with Crippen LogP contribution in [-0.2, 0) is 21.4 Å². The van der Waals surface area contributed by atoms with Crippen LogP contribution >= 0.6 is 15.9 Å². The molecule has 3 rings (SSSR count). The number of sulfonamides is 1. The summed E-state index contributed by atoms with van der Waals surface area (Å²) in [4.78, 5) is 16.1. The van der Waals surface area contributed by atoms with Crippen LogP contribution in [0.4, 0.5) is 4.39 Å². The van der Waals surface area contributed by atoms with E-state index in [0.717, 1.165) is 22.3 Å². The number of rotatable bonds is 6. The fourth-order valence-electron chi connectivity index (χ4n) is 2.45. The Balaban J connectivity index is 1.64. The van der Waals surface area contributed by atoms with E-state index in [1.165, 1.54) is 19.1 Å². The van der Waals surface area contributed by atoms with E-state index < -0.39 is 32.7 Å². The van der Waals surface area contributed by atoms with Crippen molar-refractivity contribution < 1.29 is 17.6 Å². The number of halogens is 2. The third-order valence-corrected chi connectivity index (χ3v) is 5.80. The van der Waals surface area contributed by atoms with E-state index >= 15 is 0 Å². The highest BCUT2D eigenvalue weighted by molar-refractivity contribution is 9.10. The second-order valence-electron chi connectivity index (χ2n) is 5.84. The molecular formula is C17H16BrFN4O3S. The number of benzene rings is 1. The van der Waals surface area contributed by atoms with Crippen LogP contribution in [0.2, 0.25) is 0 Å². The molecule has 0 spiro atoms. The van der Waals surface area contributed by atoms with Crippen LogP contribution in [0.1, 0.15) is 12.6 Å². The Morgan fingerprint density at radius 2 is 2.00 bits per heavy atom.